The second kappa shape index (κ2) is 6.40. The van der Waals surface area contributed by atoms with Crippen LogP contribution >= 0.6 is 0 Å². The maximum absolute atomic E-state index is 12.6. The monoisotopic (exact) mass is 370 g/mol. The molecule has 2 heterocycles. The average Bonchev–Trinajstić information content (AvgIpc) is 2.93. The molecule has 3 rings (SSSR count). The number of nitrogens with zero attached hydrogens (tertiary/aromatic N) is 2. The molecule has 0 radical (unpaired) electrons. The highest BCUT2D eigenvalue weighted by molar-refractivity contribution is 7.93. The van der Waals surface area contributed by atoms with Crippen LogP contribution in [0.15, 0.2) is 35.5 Å². The van der Waals surface area contributed by atoms with Gasteiger partial charge in [-0.15, -0.1) is 0 Å². The van der Waals surface area contributed by atoms with Gasteiger partial charge in [0.2, 0.25) is 12.4 Å². The van der Waals surface area contributed by atoms with E-state index in [1.807, 2.05) is 19.1 Å². The van der Waals surface area contributed by atoms with Gasteiger partial charge in [-0.3, -0.25) is 0 Å². The molecule has 0 saturated heterocycles. The Hall–Kier alpha value is -2.55. The molecule has 0 fully saturated rings. The molecule has 136 valence electrons. The molecule has 3 aromatic rings. The number of halogens is 2. The fourth-order valence-electron chi connectivity index (χ4n) is 2.52. The summed E-state index contributed by atoms with van der Waals surface area (Å²) in [4.78, 5) is 10.8. The van der Waals surface area contributed by atoms with E-state index in [0.717, 1.165) is 5.56 Å². The van der Waals surface area contributed by atoms with Crippen molar-refractivity contribution in [2.24, 2.45) is 0 Å². The number of aromatic nitrogens is 3. The lowest BCUT2D eigenvalue weighted by Crippen LogP contribution is -2.15. The molecule has 0 aliphatic carbocycles. The van der Waals surface area contributed by atoms with Gasteiger partial charge in [0.15, 0.2) is 0 Å². The van der Waals surface area contributed by atoms with Crippen LogP contribution in [-0.2, 0) is 16.4 Å². The lowest BCUT2D eigenvalue weighted by Gasteiger charge is -2.09. The largest absolute Gasteiger partial charge is 0.360 e. The van der Waals surface area contributed by atoms with Crippen LogP contribution in [0.25, 0.3) is 10.9 Å². The number of benzene rings is 1. The average molecular weight is 370 g/mol. The molecule has 1 aromatic carbocycles. The fraction of sp³-hybridized carbons (Fsp3) is 0.250. The van der Waals surface area contributed by atoms with Crippen molar-refractivity contribution in [3.8, 4) is 0 Å². The third-order valence-electron chi connectivity index (χ3n) is 3.77. The first-order valence-electron chi connectivity index (χ1n) is 7.47. The zero-order valence-corrected chi connectivity index (χ0v) is 14.4. The summed E-state index contributed by atoms with van der Waals surface area (Å²) in [5.74, 6) is -0.156. The maximum Gasteiger partial charge on any atom is 0.266 e. The van der Waals surface area contributed by atoms with Crippen molar-refractivity contribution in [3.63, 3.8) is 0 Å². The highest BCUT2D eigenvalue weighted by Gasteiger charge is 2.21. The van der Waals surface area contributed by atoms with Crippen LogP contribution in [-0.4, -0.2) is 29.8 Å². The van der Waals surface area contributed by atoms with Gasteiger partial charge in [-0.2, -0.15) is 0 Å². The Labute approximate surface area is 146 Å². The number of nitrogens with one attached hydrogen (secondary N) is 2. The fourth-order valence-corrected chi connectivity index (χ4v) is 3.65. The van der Waals surface area contributed by atoms with Crippen molar-refractivity contribution >= 4 is 26.9 Å². The van der Waals surface area contributed by atoms with Crippen LogP contribution in [0.3, 0.4) is 0 Å². The summed E-state index contributed by atoms with van der Waals surface area (Å²) < 4.78 is 52.4. The van der Waals surface area contributed by atoms with E-state index in [2.05, 4.69) is 19.7 Å². The molecule has 0 bridgehead atoms. The van der Waals surface area contributed by atoms with Gasteiger partial charge < -0.3 is 4.98 Å². The number of sulfonamides is 1. The van der Waals surface area contributed by atoms with Crippen LogP contribution in [0.4, 0.5) is 14.7 Å². The summed E-state index contributed by atoms with van der Waals surface area (Å²) >= 11 is 0. The van der Waals surface area contributed by atoms with E-state index in [0.29, 0.717) is 16.6 Å². The van der Waals surface area contributed by atoms with Crippen molar-refractivity contribution in [1.82, 2.24) is 15.0 Å². The quantitative estimate of drug-likeness (QED) is 0.717. The molecule has 0 aliphatic rings. The van der Waals surface area contributed by atoms with Gasteiger partial charge in [0.25, 0.3) is 10.0 Å². The number of H-pyrrole nitrogens is 1. The predicted molar refractivity (Wildman–Crippen MR) is 94.5 cm³/mol. The van der Waals surface area contributed by atoms with Crippen LogP contribution in [0, 0.1) is 13.8 Å². The summed E-state index contributed by atoms with van der Waals surface area (Å²) in [7, 11) is -3.92. The normalized spacial score (nSPS) is 12.0. The molecule has 0 amide bonds. The van der Waals surface area contributed by atoms with Gasteiger partial charge in [0.05, 0.1) is 0 Å². The molecule has 0 atom stereocenters. The minimum atomic E-state index is -3.92. The second-order valence-electron chi connectivity index (χ2n) is 5.71. The third-order valence-corrected chi connectivity index (χ3v) is 5.14. The van der Waals surface area contributed by atoms with Crippen molar-refractivity contribution < 1.29 is 20.1 Å². The van der Waals surface area contributed by atoms with Gasteiger partial charge in [0, 0.05) is 38.3 Å². The topological polar surface area (TPSA) is 87.7 Å². The molecule has 0 unspecified atom stereocenters. The van der Waals surface area contributed by atoms with Crippen molar-refractivity contribution in [3.05, 3.63) is 47.4 Å². The first kappa shape index (κ1) is 17.3. The Balaban J connectivity index is 0.00000182. The number of anilines is 1. The Morgan fingerprint density at radius 1 is 1.32 bits per heavy atom. The molecule has 25 heavy (non-hydrogen) atoms. The minimum Gasteiger partial charge on any atom is -0.360 e. The highest BCUT2D eigenvalue weighted by Crippen LogP contribution is 2.25. The standard InChI is InChI=1S/C16H16F2N4O2S.2H2/c1-9-3-4-12-13(5-9)19-8-14(12)25(23,24)22-16-20-7-11(6-15(17)18)10(2)21-16;;/h3-5,7-8,15,19H,6H2,1-2H3,(H,20,21,22);2*1H. The van der Waals surface area contributed by atoms with Crippen molar-refractivity contribution in [2.45, 2.75) is 31.6 Å². The van der Waals surface area contributed by atoms with E-state index in [1.165, 1.54) is 19.3 Å². The number of fused-ring (bicyclic) bond motifs is 1. The number of aryl methyl sites for hydroxylation is 2. The molecule has 6 nitrogen and oxygen atoms in total. The zero-order valence-electron chi connectivity index (χ0n) is 13.5. The molecule has 0 aliphatic heterocycles. The second-order valence-corrected chi connectivity index (χ2v) is 7.36. The number of hydrogen-bond donors (Lipinski definition) is 2. The van der Waals surface area contributed by atoms with E-state index in [9.17, 15) is 17.2 Å². The van der Waals surface area contributed by atoms with Gasteiger partial charge in [-0.25, -0.2) is 31.9 Å². The zero-order chi connectivity index (χ0) is 18.2. The Kier molecular flexibility index (Phi) is 4.42. The molecule has 9 heteroatoms. The van der Waals surface area contributed by atoms with Gasteiger partial charge >= 0.3 is 0 Å². The minimum absolute atomic E-state index is 0. The summed E-state index contributed by atoms with van der Waals surface area (Å²) in [6, 6.07) is 5.37. The summed E-state index contributed by atoms with van der Waals surface area (Å²) in [5, 5.41) is 0.546. The van der Waals surface area contributed by atoms with Crippen LogP contribution < -0.4 is 4.72 Å². The summed E-state index contributed by atoms with van der Waals surface area (Å²) in [5.41, 5.74) is 2.28. The number of hydrogen-bond acceptors (Lipinski definition) is 4. The number of aromatic amines is 1. The molecular weight excluding hydrogens is 350 g/mol. The maximum atomic E-state index is 12.6. The van der Waals surface area contributed by atoms with Crippen LogP contribution in [0.5, 0.6) is 0 Å². The van der Waals surface area contributed by atoms with Crippen molar-refractivity contribution in [1.29, 1.82) is 0 Å². The predicted octanol–water partition coefficient (Wildman–Crippen LogP) is 3.68. The van der Waals surface area contributed by atoms with E-state index >= 15 is 0 Å². The first-order valence-corrected chi connectivity index (χ1v) is 8.96. The van der Waals surface area contributed by atoms with Gasteiger partial charge in [-0.1, -0.05) is 12.1 Å². The third kappa shape index (κ3) is 3.60. The summed E-state index contributed by atoms with van der Waals surface area (Å²) in [6.45, 7) is 3.44. The van der Waals surface area contributed by atoms with E-state index in [-0.39, 0.29) is 19.3 Å². The molecule has 0 saturated carbocycles. The molecular formula is C16H20F2N4O2S. The Morgan fingerprint density at radius 2 is 2.08 bits per heavy atom. The SMILES string of the molecule is Cc1ccc2c(S(=O)(=O)Nc3ncc(CC(F)F)c(C)n3)c[nH]c2c1.[HH].[HH]. The van der Waals surface area contributed by atoms with Gasteiger partial charge in [-0.05, 0) is 31.0 Å². The first-order chi connectivity index (χ1) is 11.8. The Bertz CT molecular complexity index is 1040. The smallest absolute Gasteiger partial charge is 0.266 e. The van der Waals surface area contributed by atoms with E-state index < -0.39 is 22.9 Å². The lowest BCUT2D eigenvalue weighted by atomic mass is 10.2. The van der Waals surface area contributed by atoms with Crippen LogP contribution in [0.2, 0.25) is 0 Å². The number of rotatable bonds is 5. The molecule has 2 N–H and O–H groups in total. The van der Waals surface area contributed by atoms with Gasteiger partial charge in [0.1, 0.15) is 4.90 Å². The lowest BCUT2D eigenvalue weighted by molar-refractivity contribution is 0.148. The van der Waals surface area contributed by atoms with Crippen molar-refractivity contribution in [2.75, 3.05) is 4.72 Å². The molecule has 2 aromatic heterocycles. The van der Waals surface area contributed by atoms with Crippen LogP contribution in [0.1, 0.15) is 19.7 Å². The van der Waals surface area contributed by atoms with E-state index in [4.69, 9.17) is 0 Å². The molecule has 0 spiro atoms. The summed E-state index contributed by atoms with van der Waals surface area (Å²) in [6.07, 6.45) is -0.379. The number of alkyl halides is 2. The van der Waals surface area contributed by atoms with E-state index in [1.54, 1.807) is 6.07 Å². The highest BCUT2D eigenvalue weighted by atomic mass is 32.2. The Morgan fingerprint density at radius 3 is 2.76 bits per heavy atom.